The fourth-order valence-electron chi connectivity index (χ4n) is 4.00. The highest BCUT2D eigenvalue weighted by molar-refractivity contribution is 5.82. The summed E-state index contributed by atoms with van der Waals surface area (Å²) in [5, 5.41) is 6.12. The van der Waals surface area contributed by atoms with Crippen molar-refractivity contribution in [1.82, 2.24) is 15.5 Å². The molecule has 0 aromatic rings. The number of esters is 1. The Hall–Kier alpha value is -2.07. The number of hydrogen-bond donors (Lipinski definition) is 2. The number of ether oxygens (including phenoxy) is 1. The molecule has 2 heterocycles. The van der Waals surface area contributed by atoms with Crippen LogP contribution in [0.1, 0.15) is 58.8 Å². The minimum Gasteiger partial charge on any atom is -0.465 e. The van der Waals surface area contributed by atoms with Gasteiger partial charge in [0.15, 0.2) is 0 Å². The molecule has 30 heavy (non-hydrogen) atoms. The molecule has 2 atom stereocenters. The lowest BCUT2D eigenvalue weighted by atomic mass is 9.92. The lowest BCUT2D eigenvalue weighted by molar-refractivity contribution is -0.145. The molecule has 7 nitrogen and oxygen atoms in total. The maximum atomic E-state index is 12.7. The first-order chi connectivity index (χ1) is 14.4. The molecule has 2 saturated heterocycles. The van der Waals surface area contributed by atoms with E-state index in [0.29, 0.717) is 32.0 Å². The van der Waals surface area contributed by atoms with Gasteiger partial charge in [-0.05, 0) is 57.0 Å². The van der Waals surface area contributed by atoms with Crippen molar-refractivity contribution in [2.75, 3.05) is 32.8 Å². The molecule has 0 bridgehead atoms. The fourth-order valence-corrected chi connectivity index (χ4v) is 4.00. The summed E-state index contributed by atoms with van der Waals surface area (Å²) in [4.78, 5) is 39.0. The number of nitrogens with zero attached hydrogens (tertiary/aromatic N) is 1. The summed E-state index contributed by atoms with van der Waals surface area (Å²) in [6.07, 6.45) is 10.7. The van der Waals surface area contributed by atoms with Crippen LogP contribution in [-0.2, 0) is 19.1 Å². The molecule has 168 valence electrons. The Balaban J connectivity index is 1.77. The van der Waals surface area contributed by atoms with E-state index in [1.165, 1.54) is 0 Å². The summed E-state index contributed by atoms with van der Waals surface area (Å²) < 4.78 is 5.15. The van der Waals surface area contributed by atoms with E-state index in [0.717, 1.165) is 45.2 Å². The number of carbonyl (C=O) groups excluding carboxylic acids is 3. The molecule has 2 fully saturated rings. The summed E-state index contributed by atoms with van der Waals surface area (Å²) in [5.74, 6) is 2.57. The second kappa shape index (κ2) is 12.6. The Kier molecular flexibility index (Phi) is 10.2. The van der Waals surface area contributed by atoms with Gasteiger partial charge in [0.2, 0.25) is 11.8 Å². The predicted octanol–water partition coefficient (Wildman–Crippen LogP) is 1.71. The monoisotopic (exact) mass is 419 g/mol. The van der Waals surface area contributed by atoms with Crippen LogP contribution in [0.2, 0.25) is 0 Å². The highest BCUT2D eigenvalue weighted by Gasteiger charge is 2.30. The van der Waals surface area contributed by atoms with Crippen LogP contribution in [0, 0.1) is 30.1 Å². The van der Waals surface area contributed by atoms with Crippen LogP contribution < -0.4 is 10.6 Å². The summed E-state index contributed by atoms with van der Waals surface area (Å²) in [5.41, 5.74) is 0. The molecule has 7 heteroatoms. The van der Waals surface area contributed by atoms with Gasteiger partial charge in [0, 0.05) is 19.5 Å². The molecule has 0 aromatic carbocycles. The number of terminal acetylenes is 1. The Morgan fingerprint density at radius 3 is 2.63 bits per heavy atom. The van der Waals surface area contributed by atoms with Crippen LogP contribution in [0.15, 0.2) is 0 Å². The predicted molar refractivity (Wildman–Crippen MR) is 115 cm³/mol. The molecule has 0 saturated carbocycles. The molecule has 1 unspecified atom stereocenters. The third-order valence-electron chi connectivity index (χ3n) is 5.84. The summed E-state index contributed by atoms with van der Waals surface area (Å²) in [6, 6.07) is -0.692. The quantitative estimate of drug-likeness (QED) is 0.439. The highest BCUT2D eigenvalue weighted by atomic mass is 16.5. The van der Waals surface area contributed by atoms with Crippen LogP contribution in [0.4, 0.5) is 0 Å². The van der Waals surface area contributed by atoms with Crippen LogP contribution in [0.25, 0.3) is 0 Å². The molecule has 0 radical (unpaired) electrons. The van der Waals surface area contributed by atoms with Crippen LogP contribution in [0.5, 0.6) is 0 Å². The van der Waals surface area contributed by atoms with Gasteiger partial charge in [-0.3, -0.25) is 14.4 Å². The van der Waals surface area contributed by atoms with Crippen molar-refractivity contribution in [3.8, 4) is 12.3 Å². The van der Waals surface area contributed by atoms with E-state index >= 15 is 0 Å². The maximum Gasteiger partial charge on any atom is 0.308 e. The van der Waals surface area contributed by atoms with Gasteiger partial charge in [0.05, 0.1) is 18.9 Å². The zero-order valence-corrected chi connectivity index (χ0v) is 18.5. The minimum absolute atomic E-state index is 0.0411. The molecule has 2 aliphatic rings. The summed E-state index contributed by atoms with van der Waals surface area (Å²) in [6.45, 7) is 7.44. The molecule has 2 aliphatic heterocycles. The van der Waals surface area contributed by atoms with Crippen LogP contribution >= 0.6 is 0 Å². The second-order valence-electron chi connectivity index (χ2n) is 8.92. The average molecular weight is 420 g/mol. The Labute approximate surface area is 180 Å². The van der Waals surface area contributed by atoms with Gasteiger partial charge in [0.25, 0.3) is 0 Å². The Morgan fingerprint density at radius 1 is 1.23 bits per heavy atom. The first kappa shape index (κ1) is 24.2. The fraction of sp³-hybridized carbons (Fsp3) is 0.783. The Bertz CT molecular complexity index is 622. The van der Waals surface area contributed by atoms with E-state index in [9.17, 15) is 14.4 Å². The van der Waals surface area contributed by atoms with E-state index in [2.05, 4.69) is 16.6 Å². The molecule has 2 rings (SSSR count). The van der Waals surface area contributed by atoms with Crippen molar-refractivity contribution in [3.05, 3.63) is 0 Å². The van der Waals surface area contributed by atoms with Crippen molar-refractivity contribution in [2.45, 2.75) is 64.8 Å². The largest absolute Gasteiger partial charge is 0.465 e. The third-order valence-corrected chi connectivity index (χ3v) is 5.84. The first-order valence-electron chi connectivity index (χ1n) is 11.3. The lowest BCUT2D eigenvalue weighted by Gasteiger charge is -2.33. The van der Waals surface area contributed by atoms with Crippen molar-refractivity contribution >= 4 is 17.8 Å². The Morgan fingerprint density at radius 2 is 1.97 bits per heavy atom. The molecule has 2 N–H and O–H groups in total. The SMILES string of the molecule is C#CC(CC(=O)OCC(C)C)NC(=O)[C@@H]1CCCN(C(=O)CCC2CCNCC2)C1. The van der Waals surface area contributed by atoms with Gasteiger partial charge in [-0.15, -0.1) is 6.42 Å². The van der Waals surface area contributed by atoms with Crippen molar-refractivity contribution in [1.29, 1.82) is 0 Å². The zero-order valence-electron chi connectivity index (χ0n) is 18.5. The van der Waals surface area contributed by atoms with Crippen LogP contribution in [0.3, 0.4) is 0 Å². The van der Waals surface area contributed by atoms with Gasteiger partial charge in [-0.25, -0.2) is 0 Å². The molecular weight excluding hydrogens is 382 g/mol. The van der Waals surface area contributed by atoms with Crippen molar-refractivity contribution < 1.29 is 19.1 Å². The van der Waals surface area contributed by atoms with E-state index < -0.39 is 12.0 Å². The smallest absolute Gasteiger partial charge is 0.308 e. The topological polar surface area (TPSA) is 87.7 Å². The van der Waals surface area contributed by atoms with Crippen LogP contribution in [-0.4, -0.2) is 61.5 Å². The number of amides is 2. The standard InChI is InChI=1S/C23H37N3O4/c1-4-20(14-22(28)30-16-17(2)3)25-23(29)19-6-5-13-26(15-19)21(27)8-7-18-9-11-24-12-10-18/h1,17-20,24H,5-16H2,2-3H3,(H,25,29)/t19-,20?/m1/s1. The first-order valence-corrected chi connectivity index (χ1v) is 11.3. The molecule has 0 aliphatic carbocycles. The van der Waals surface area contributed by atoms with Crippen molar-refractivity contribution in [3.63, 3.8) is 0 Å². The molecule has 0 spiro atoms. The maximum absolute atomic E-state index is 12.7. The number of rotatable bonds is 9. The van der Waals surface area contributed by atoms with E-state index in [1.54, 1.807) is 0 Å². The summed E-state index contributed by atoms with van der Waals surface area (Å²) >= 11 is 0. The number of piperidine rings is 2. The molecule has 0 aromatic heterocycles. The third kappa shape index (κ3) is 8.35. The van der Waals surface area contributed by atoms with Gasteiger partial charge in [0.1, 0.15) is 6.04 Å². The zero-order chi connectivity index (χ0) is 21.9. The van der Waals surface area contributed by atoms with Gasteiger partial charge < -0.3 is 20.3 Å². The molecule has 2 amide bonds. The lowest BCUT2D eigenvalue weighted by Crippen LogP contribution is -2.47. The number of likely N-dealkylation sites (tertiary alicyclic amines) is 1. The van der Waals surface area contributed by atoms with Gasteiger partial charge in [-0.1, -0.05) is 19.8 Å². The molecular formula is C23H37N3O4. The van der Waals surface area contributed by atoms with E-state index in [-0.39, 0.29) is 30.1 Å². The second-order valence-corrected chi connectivity index (χ2v) is 8.92. The highest BCUT2D eigenvalue weighted by Crippen LogP contribution is 2.21. The van der Waals surface area contributed by atoms with Gasteiger partial charge >= 0.3 is 5.97 Å². The van der Waals surface area contributed by atoms with Crippen molar-refractivity contribution in [2.24, 2.45) is 17.8 Å². The number of nitrogens with one attached hydrogen (secondary N) is 2. The van der Waals surface area contributed by atoms with E-state index in [4.69, 9.17) is 11.2 Å². The van der Waals surface area contributed by atoms with E-state index in [1.807, 2.05) is 18.7 Å². The minimum atomic E-state index is -0.692. The summed E-state index contributed by atoms with van der Waals surface area (Å²) in [7, 11) is 0. The normalized spacial score (nSPS) is 21.0. The average Bonchev–Trinajstić information content (AvgIpc) is 2.76. The van der Waals surface area contributed by atoms with Gasteiger partial charge in [-0.2, -0.15) is 0 Å². The number of hydrogen-bond acceptors (Lipinski definition) is 5. The number of carbonyl (C=O) groups is 3.